The molecule has 13 aromatic rings. The van der Waals surface area contributed by atoms with E-state index in [-0.39, 0.29) is 0 Å². The predicted octanol–water partition coefficient (Wildman–Crippen LogP) is 20.5. The van der Waals surface area contributed by atoms with E-state index in [2.05, 4.69) is 314 Å². The number of rotatable bonds is 6. The SMILES string of the molecule is c1ccc(C2(c3ccccc3)c3ccccc3-c3c(-c4ccccc4N(c4ccc5c(c4)C4(c6ccccc6Sc6ccccc64)c4ccccc4-5)c4cccc5c4-c4ccccc4C54c5ccccc5Oc5ccccc54)cccc32)cc1. The molecule has 0 N–H and O–H groups in total. The van der Waals surface area contributed by atoms with Crippen molar-refractivity contribution in [2.75, 3.05) is 4.90 Å². The van der Waals surface area contributed by atoms with E-state index < -0.39 is 16.2 Å². The normalized spacial score (nSPS) is 14.8. The molecule has 0 atom stereocenters. The lowest BCUT2D eigenvalue weighted by molar-refractivity contribution is 0.436. The summed E-state index contributed by atoms with van der Waals surface area (Å²) in [4.78, 5) is 5.19. The van der Waals surface area contributed by atoms with Crippen LogP contribution in [0.3, 0.4) is 0 Å². The van der Waals surface area contributed by atoms with E-state index in [1.807, 2.05) is 11.8 Å². The van der Waals surface area contributed by atoms with Crippen LogP contribution in [0.2, 0.25) is 0 Å². The molecule has 0 amide bonds. The van der Waals surface area contributed by atoms with Crippen LogP contribution in [0, 0.1) is 0 Å². The molecule has 0 saturated carbocycles. The summed E-state index contributed by atoms with van der Waals surface area (Å²) in [5.41, 5.74) is 26.3. The lowest BCUT2D eigenvalue weighted by atomic mass is 9.66. The van der Waals surface area contributed by atoms with Crippen molar-refractivity contribution in [3.63, 3.8) is 0 Å². The molecule has 3 aliphatic carbocycles. The van der Waals surface area contributed by atoms with Crippen molar-refractivity contribution in [2.24, 2.45) is 0 Å². The number of hydrogen-bond acceptors (Lipinski definition) is 3. The van der Waals surface area contributed by atoms with Crippen LogP contribution in [0.25, 0.3) is 44.5 Å². The largest absolute Gasteiger partial charge is 0.457 e. The van der Waals surface area contributed by atoms with Gasteiger partial charge in [0.25, 0.3) is 0 Å². The third-order valence-electron chi connectivity index (χ3n) is 19.1. The van der Waals surface area contributed by atoms with Gasteiger partial charge in [-0.2, -0.15) is 0 Å². The maximum absolute atomic E-state index is 6.87. The number of benzene rings is 13. The fourth-order valence-electron chi connectivity index (χ4n) is 16.1. The molecule has 2 heterocycles. The highest BCUT2D eigenvalue weighted by Gasteiger charge is 2.54. The number of nitrogens with zero attached hydrogens (tertiary/aromatic N) is 1. The molecule has 0 saturated heterocycles. The van der Waals surface area contributed by atoms with Crippen molar-refractivity contribution in [3.8, 4) is 56.0 Å². The summed E-state index contributed by atoms with van der Waals surface area (Å²) in [6, 6.07) is 116. The number of ether oxygens (including phenoxy) is 1. The highest BCUT2D eigenvalue weighted by Crippen LogP contribution is 2.67. The Labute approximate surface area is 493 Å². The molecule has 5 aliphatic rings. The van der Waals surface area contributed by atoms with Crippen LogP contribution in [0.4, 0.5) is 17.1 Å². The molecule has 0 bridgehead atoms. The van der Waals surface area contributed by atoms with Crippen molar-refractivity contribution in [1.29, 1.82) is 0 Å². The molecule has 0 unspecified atom stereocenters. The number of para-hydroxylation sites is 3. The van der Waals surface area contributed by atoms with Crippen molar-refractivity contribution < 1.29 is 4.74 Å². The van der Waals surface area contributed by atoms with Crippen LogP contribution >= 0.6 is 11.8 Å². The molecule has 0 radical (unpaired) electrons. The molecule has 84 heavy (non-hydrogen) atoms. The van der Waals surface area contributed by atoms with Crippen molar-refractivity contribution >= 4 is 28.8 Å². The van der Waals surface area contributed by atoms with Crippen LogP contribution in [0.1, 0.15) is 66.8 Å². The van der Waals surface area contributed by atoms with Crippen LogP contribution in [0.5, 0.6) is 11.5 Å². The zero-order valence-corrected chi connectivity index (χ0v) is 46.5. The maximum Gasteiger partial charge on any atom is 0.132 e. The lowest BCUT2D eigenvalue weighted by Crippen LogP contribution is -2.32. The number of fused-ring (bicyclic) bond motifs is 21. The minimum Gasteiger partial charge on any atom is -0.457 e. The average molecular weight is 1090 g/mol. The highest BCUT2D eigenvalue weighted by atomic mass is 32.2. The van der Waals surface area contributed by atoms with E-state index in [9.17, 15) is 0 Å². The van der Waals surface area contributed by atoms with Gasteiger partial charge in [0.2, 0.25) is 0 Å². The van der Waals surface area contributed by atoms with Gasteiger partial charge in [-0.25, -0.2) is 0 Å². The molecular formula is C81H51NOS. The lowest BCUT2D eigenvalue weighted by Gasteiger charge is -2.40. The second-order valence-corrected chi connectivity index (χ2v) is 23.9. The van der Waals surface area contributed by atoms with Gasteiger partial charge in [-0.1, -0.05) is 273 Å². The van der Waals surface area contributed by atoms with E-state index in [0.29, 0.717) is 0 Å². The first-order chi connectivity index (χ1) is 41.7. The molecule has 392 valence electrons. The van der Waals surface area contributed by atoms with Crippen LogP contribution in [-0.2, 0) is 16.2 Å². The third kappa shape index (κ3) is 6.11. The highest BCUT2D eigenvalue weighted by molar-refractivity contribution is 7.99. The molecule has 2 spiro atoms. The average Bonchev–Trinajstić information content (AvgIpc) is 1.56. The molecule has 0 fully saturated rings. The Morgan fingerprint density at radius 1 is 0.250 bits per heavy atom. The summed E-state index contributed by atoms with van der Waals surface area (Å²) >= 11 is 1.89. The van der Waals surface area contributed by atoms with E-state index in [0.717, 1.165) is 45.3 Å². The van der Waals surface area contributed by atoms with Crippen molar-refractivity contribution in [2.45, 2.75) is 26.0 Å². The second-order valence-electron chi connectivity index (χ2n) is 22.8. The fourth-order valence-corrected chi connectivity index (χ4v) is 17.3. The first-order valence-electron chi connectivity index (χ1n) is 29.2. The van der Waals surface area contributed by atoms with Gasteiger partial charge in [0.1, 0.15) is 11.5 Å². The van der Waals surface area contributed by atoms with Gasteiger partial charge in [-0.05, 0) is 138 Å². The molecule has 18 rings (SSSR count). The van der Waals surface area contributed by atoms with Gasteiger partial charge in [0.05, 0.1) is 27.6 Å². The van der Waals surface area contributed by atoms with Crippen LogP contribution in [0.15, 0.2) is 319 Å². The van der Waals surface area contributed by atoms with E-state index in [4.69, 9.17) is 4.74 Å². The smallest absolute Gasteiger partial charge is 0.132 e. The van der Waals surface area contributed by atoms with Gasteiger partial charge in [-0.3, -0.25) is 0 Å². The summed E-state index contributed by atoms with van der Waals surface area (Å²) in [6.45, 7) is 0. The fraction of sp³-hybridized carbons (Fsp3) is 0.0370. The molecule has 2 aliphatic heterocycles. The Bertz CT molecular complexity index is 4750. The topological polar surface area (TPSA) is 12.5 Å². The Morgan fingerprint density at radius 3 is 1.29 bits per heavy atom. The predicted molar refractivity (Wildman–Crippen MR) is 343 cm³/mol. The van der Waals surface area contributed by atoms with Gasteiger partial charge in [-0.15, -0.1) is 0 Å². The van der Waals surface area contributed by atoms with Crippen LogP contribution < -0.4 is 9.64 Å². The van der Waals surface area contributed by atoms with E-state index >= 15 is 0 Å². The molecule has 13 aromatic carbocycles. The van der Waals surface area contributed by atoms with Gasteiger partial charge in [0.15, 0.2) is 0 Å². The second kappa shape index (κ2) is 17.9. The zero-order chi connectivity index (χ0) is 55.1. The molecule has 2 nitrogen and oxygen atoms in total. The quantitative estimate of drug-likeness (QED) is 0.165. The maximum atomic E-state index is 6.87. The Hall–Kier alpha value is -10.2. The van der Waals surface area contributed by atoms with Crippen molar-refractivity contribution in [3.05, 3.63) is 376 Å². The molecule has 0 aromatic heterocycles. The Balaban J connectivity index is 0.955. The number of anilines is 3. The first-order valence-corrected chi connectivity index (χ1v) is 30.0. The monoisotopic (exact) mass is 1090 g/mol. The zero-order valence-electron chi connectivity index (χ0n) is 45.7. The van der Waals surface area contributed by atoms with E-state index in [1.54, 1.807) is 0 Å². The molecule has 3 heteroatoms. The summed E-state index contributed by atoms with van der Waals surface area (Å²) in [5.74, 6) is 1.75. The van der Waals surface area contributed by atoms with Gasteiger partial charge < -0.3 is 9.64 Å². The van der Waals surface area contributed by atoms with Gasteiger partial charge in [0, 0.05) is 37.7 Å². The minimum atomic E-state index is -0.669. The third-order valence-corrected chi connectivity index (χ3v) is 20.2. The summed E-state index contributed by atoms with van der Waals surface area (Å²) in [6.07, 6.45) is 0. The molecular weight excluding hydrogens is 1030 g/mol. The van der Waals surface area contributed by atoms with Crippen LogP contribution in [-0.4, -0.2) is 0 Å². The summed E-state index contributed by atoms with van der Waals surface area (Å²) in [7, 11) is 0. The van der Waals surface area contributed by atoms with Gasteiger partial charge >= 0.3 is 0 Å². The standard InChI is InChI=1S/C81H51NOS/c1-3-25-52(26-4-1)79(53-27-5-2-6-28-53)62-35-12-8-31-59(62)77-58(33-23-41-68(77)79)57-30-10-18-43-71(57)82(54-49-50-56-55-29-7-11-34-61(55)81(70(56)51-54)66-39-16-21-47-75(66)84-76-48-22-17-40-67(76)81)72-44-24-42-69-78(72)60-32-9-13-36-63(60)80(69)64-37-14-19-45-73(64)83-74-46-20-15-38-65(74)80/h1-51H. The Morgan fingerprint density at radius 2 is 0.655 bits per heavy atom. The Kier molecular flexibility index (Phi) is 10.1. The minimum absolute atomic E-state index is 0.568. The number of hydrogen-bond donors (Lipinski definition) is 0. The first kappa shape index (κ1) is 47.4. The summed E-state index contributed by atoms with van der Waals surface area (Å²) in [5, 5.41) is 0. The van der Waals surface area contributed by atoms with Crippen molar-refractivity contribution in [1.82, 2.24) is 0 Å². The summed E-state index contributed by atoms with van der Waals surface area (Å²) < 4.78 is 6.87. The van der Waals surface area contributed by atoms with E-state index in [1.165, 1.54) is 104 Å².